The van der Waals surface area contributed by atoms with Gasteiger partial charge in [0.1, 0.15) is 6.61 Å². The predicted molar refractivity (Wildman–Crippen MR) is 116 cm³/mol. The van der Waals surface area contributed by atoms with Gasteiger partial charge in [0.25, 0.3) is 5.91 Å². The summed E-state index contributed by atoms with van der Waals surface area (Å²) in [5.41, 5.74) is 4.53. The highest BCUT2D eigenvalue weighted by Crippen LogP contribution is 2.44. The molecule has 1 heterocycles. The molecule has 0 aromatic heterocycles. The third kappa shape index (κ3) is 4.60. The average Bonchev–Trinajstić information content (AvgIpc) is 3.34. The zero-order chi connectivity index (χ0) is 22.7. The average molecular weight is 438 g/mol. The van der Waals surface area contributed by atoms with Crippen molar-refractivity contribution >= 4 is 18.0 Å². The van der Waals surface area contributed by atoms with Crippen molar-refractivity contribution in [1.29, 1.82) is 0 Å². The van der Waals surface area contributed by atoms with E-state index in [4.69, 9.17) is 14.6 Å². The number of benzene rings is 2. The Morgan fingerprint density at radius 1 is 1.09 bits per heavy atom. The monoisotopic (exact) mass is 438 g/mol. The van der Waals surface area contributed by atoms with Crippen LogP contribution in [0.4, 0.5) is 4.79 Å². The van der Waals surface area contributed by atoms with E-state index in [1.54, 1.807) is 6.92 Å². The molecule has 8 nitrogen and oxygen atoms in total. The van der Waals surface area contributed by atoms with E-state index in [9.17, 15) is 14.4 Å². The smallest absolute Gasteiger partial charge is 0.407 e. The summed E-state index contributed by atoms with van der Waals surface area (Å²) >= 11 is 0. The molecule has 2 amide bonds. The van der Waals surface area contributed by atoms with E-state index in [2.05, 4.69) is 22.8 Å². The first-order chi connectivity index (χ1) is 15.4. The second kappa shape index (κ2) is 9.40. The number of hydrogen-bond donors (Lipinski definition) is 3. The van der Waals surface area contributed by atoms with Crippen LogP contribution in [-0.2, 0) is 19.1 Å². The first-order valence-corrected chi connectivity index (χ1v) is 10.7. The van der Waals surface area contributed by atoms with Crippen LogP contribution in [0.5, 0.6) is 0 Å². The van der Waals surface area contributed by atoms with Crippen LogP contribution in [0.3, 0.4) is 0 Å². The molecular formula is C24H26N2O6. The Morgan fingerprint density at radius 2 is 1.72 bits per heavy atom. The highest BCUT2D eigenvalue weighted by molar-refractivity contribution is 5.84. The first kappa shape index (κ1) is 21.8. The van der Waals surface area contributed by atoms with Crippen LogP contribution in [0.15, 0.2) is 48.5 Å². The summed E-state index contributed by atoms with van der Waals surface area (Å²) in [7, 11) is 0. The van der Waals surface area contributed by atoms with Crippen molar-refractivity contribution in [3.63, 3.8) is 0 Å². The number of rotatable bonds is 7. The quantitative estimate of drug-likeness (QED) is 0.612. The number of fused-ring (bicyclic) bond motifs is 3. The second-order valence-electron chi connectivity index (χ2n) is 8.16. The van der Waals surface area contributed by atoms with E-state index in [0.717, 1.165) is 22.3 Å². The van der Waals surface area contributed by atoms with Crippen molar-refractivity contribution in [2.45, 2.75) is 43.9 Å². The van der Waals surface area contributed by atoms with Gasteiger partial charge in [-0.2, -0.15) is 0 Å². The minimum Gasteiger partial charge on any atom is -0.481 e. The molecule has 2 aromatic rings. The Balaban J connectivity index is 1.35. The molecule has 0 radical (unpaired) electrons. The van der Waals surface area contributed by atoms with Gasteiger partial charge in [0.2, 0.25) is 0 Å². The fraction of sp³-hybridized carbons (Fsp3) is 0.375. The van der Waals surface area contributed by atoms with Crippen molar-refractivity contribution in [3.8, 4) is 11.1 Å². The van der Waals surface area contributed by atoms with Crippen molar-refractivity contribution < 1.29 is 29.0 Å². The lowest BCUT2D eigenvalue weighted by molar-refractivity contribution is -0.138. The molecule has 4 rings (SSSR count). The summed E-state index contributed by atoms with van der Waals surface area (Å²) < 4.78 is 11.0. The molecule has 2 unspecified atom stereocenters. The number of carboxylic acids is 1. The molecular weight excluding hydrogens is 412 g/mol. The molecule has 2 aliphatic rings. The molecule has 1 aliphatic carbocycles. The molecule has 8 heteroatoms. The van der Waals surface area contributed by atoms with Gasteiger partial charge in [-0.25, -0.2) is 4.79 Å². The Bertz CT molecular complexity index is 978. The molecule has 3 N–H and O–H groups in total. The number of hydrogen-bond acceptors (Lipinski definition) is 5. The zero-order valence-corrected chi connectivity index (χ0v) is 17.7. The maximum absolute atomic E-state index is 12.5. The fourth-order valence-electron chi connectivity index (χ4n) is 4.43. The summed E-state index contributed by atoms with van der Waals surface area (Å²) in [4.78, 5) is 35.8. The summed E-state index contributed by atoms with van der Waals surface area (Å²) in [6.07, 6.45) is -1.22. The Kier molecular flexibility index (Phi) is 6.41. The van der Waals surface area contributed by atoms with Crippen LogP contribution >= 0.6 is 0 Å². The molecule has 168 valence electrons. The van der Waals surface area contributed by atoms with Gasteiger partial charge in [0.05, 0.1) is 12.5 Å². The van der Waals surface area contributed by atoms with E-state index in [-0.39, 0.29) is 18.9 Å². The van der Waals surface area contributed by atoms with Crippen molar-refractivity contribution in [1.82, 2.24) is 10.6 Å². The van der Waals surface area contributed by atoms with Crippen molar-refractivity contribution in [2.24, 2.45) is 0 Å². The lowest BCUT2D eigenvalue weighted by atomic mass is 9.98. The van der Waals surface area contributed by atoms with Gasteiger partial charge in [-0.15, -0.1) is 0 Å². The highest BCUT2D eigenvalue weighted by atomic mass is 16.6. The molecule has 2 aromatic carbocycles. The van der Waals surface area contributed by atoms with Crippen LogP contribution in [0.1, 0.15) is 36.8 Å². The molecule has 1 aliphatic heterocycles. The highest BCUT2D eigenvalue weighted by Gasteiger charge is 2.36. The number of carboxylic acid groups (broad SMARTS) is 1. The van der Waals surface area contributed by atoms with E-state index in [1.165, 1.54) is 0 Å². The van der Waals surface area contributed by atoms with Crippen molar-refractivity contribution in [2.75, 3.05) is 13.2 Å². The predicted octanol–water partition coefficient (Wildman–Crippen LogP) is 2.66. The topological polar surface area (TPSA) is 114 Å². The molecule has 1 saturated heterocycles. The van der Waals surface area contributed by atoms with E-state index in [0.29, 0.717) is 13.0 Å². The van der Waals surface area contributed by atoms with E-state index < -0.39 is 36.2 Å². The van der Waals surface area contributed by atoms with Crippen LogP contribution in [0.2, 0.25) is 0 Å². The molecule has 1 fully saturated rings. The van der Waals surface area contributed by atoms with Crippen LogP contribution in [0.25, 0.3) is 11.1 Å². The van der Waals surface area contributed by atoms with Crippen LogP contribution in [-0.4, -0.2) is 54.5 Å². The number of nitrogens with one attached hydrogen (secondary N) is 2. The first-order valence-electron chi connectivity index (χ1n) is 10.7. The van der Waals surface area contributed by atoms with Crippen molar-refractivity contribution in [3.05, 3.63) is 59.7 Å². The zero-order valence-electron chi connectivity index (χ0n) is 17.7. The third-order valence-corrected chi connectivity index (χ3v) is 5.87. The molecule has 32 heavy (non-hydrogen) atoms. The number of carbonyl (C=O) groups excluding carboxylic acids is 2. The molecule has 0 spiro atoms. The molecule has 0 saturated carbocycles. The minimum atomic E-state index is -1.00. The van der Waals surface area contributed by atoms with Gasteiger partial charge in [-0.1, -0.05) is 48.5 Å². The van der Waals surface area contributed by atoms with Crippen LogP contribution < -0.4 is 10.6 Å². The SMILES string of the molecule is C[C@@H](CC(=O)O)NC(=O)C1OCCC1NC(=O)OCC1c2ccccc2-c2ccccc21. The number of alkyl carbamates (subject to hydrolysis) is 1. The van der Waals surface area contributed by atoms with Crippen LogP contribution in [0, 0.1) is 0 Å². The van der Waals surface area contributed by atoms with Gasteiger partial charge in [-0.3, -0.25) is 9.59 Å². The Hall–Kier alpha value is -3.39. The second-order valence-corrected chi connectivity index (χ2v) is 8.16. The number of ether oxygens (including phenoxy) is 2. The van der Waals surface area contributed by atoms with Gasteiger partial charge in [0.15, 0.2) is 6.10 Å². The van der Waals surface area contributed by atoms with Gasteiger partial charge in [-0.05, 0) is 35.6 Å². The fourth-order valence-corrected chi connectivity index (χ4v) is 4.43. The maximum atomic E-state index is 12.5. The third-order valence-electron chi connectivity index (χ3n) is 5.87. The molecule has 3 atom stereocenters. The number of carbonyl (C=O) groups is 3. The normalized spacial score (nSPS) is 20.2. The minimum absolute atomic E-state index is 0.0519. The summed E-state index contributed by atoms with van der Waals surface area (Å²) in [6.45, 7) is 2.11. The van der Waals surface area contributed by atoms with Gasteiger partial charge in [0, 0.05) is 18.6 Å². The number of aliphatic carboxylic acids is 1. The lowest BCUT2D eigenvalue weighted by Gasteiger charge is -2.21. The lowest BCUT2D eigenvalue weighted by Crippen LogP contribution is -2.50. The summed E-state index contributed by atoms with van der Waals surface area (Å²) in [5, 5.41) is 14.2. The number of amides is 2. The van der Waals surface area contributed by atoms with Gasteiger partial charge < -0.3 is 25.2 Å². The summed E-state index contributed by atoms with van der Waals surface area (Å²) in [5.74, 6) is -1.50. The standard InChI is InChI=1S/C24H26N2O6/c1-14(12-21(27)28)25-23(29)22-20(10-11-31-22)26-24(30)32-13-19-17-8-4-2-6-15(17)16-7-3-5-9-18(16)19/h2-9,14,19-20,22H,10-13H2,1H3,(H,25,29)(H,26,30)(H,27,28)/t14-,20?,22?/m0/s1. The Morgan fingerprint density at radius 3 is 2.34 bits per heavy atom. The van der Waals surface area contributed by atoms with E-state index >= 15 is 0 Å². The molecule has 0 bridgehead atoms. The maximum Gasteiger partial charge on any atom is 0.407 e. The largest absolute Gasteiger partial charge is 0.481 e. The Labute approximate surface area is 185 Å². The van der Waals surface area contributed by atoms with E-state index in [1.807, 2.05) is 36.4 Å². The van der Waals surface area contributed by atoms with Gasteiger partial charge >= 0.3 is 12.1 Å². The summed E-state index contributed by atoms with van der Waals surface area (Å²) in [6, 6.07) is 15.1.